The summed E-state index contributed by atoms with van der Waals surface area (Å²) in [5.74, 6) is 1.07. The van der Waals surface area contributed by atoms with Crippen LogP contribution in [0.2, 0.25) is 0 Å². The lowest BCUT2D eigenvalue weighted by molar-refractivity contribution is 0.0994. The molecule has 0 spiro atoms. The van der Waals surface area contributed by atoms with Crippen LogP contribution in [0.5, 0.6) is 5.75 Å². The van der Waals surface area contributed by atoms with Crippen molar-refractivity contribution in [3.05, 3.63) is 29.3 Å². The first kappa shape index (κ1) is 8.04. The fourth-order valence-corrected chi connectivity index (χ4v) is 1.94. The van der Waals surface area contributed by atoms with Crippen molar-refractivity contribution in [3.8, 4) is 5.75 Å². The average Bonchev–Trinajstić information content (AvgIpc) is 2.48. The summed E-state index contributed by atoms with van der Waals surface area (Å²) in [6.45, 7) is 0. The number of hydrogen-bond donors (Lipinski definition) is 0. The van der Waals surface area contributed by atoms with Gasteiger partial charge in [0, 0.05) is 17.5 Å². The number of benzene rings is 1. The van der Waals surface area contributed by atoms with Crippen molar-refractivity contribution in [3.63, 3.8) is 0 Å². The van der Waals surface area contributed by atoms with Crippen LogP contribution in [-0.4, -0.2) is 5.78 Å². The molecule has 0 atom stereocenters. The molecule has 1 aliphatic rings. The number of ketones is 1. The topological polar surface area (TPSA) is 26.3 Å². The minimum Gasteiger partial charge on any atom is -0.427 e. The number of fused-ring (bicyclic) bond motifs is 1. The number of halogens is 1. The van der Waals surface area contributed by atoms with Gasteiger partial charge in [-0.3, -0.25) is 4.79 Å². The molecule has 2 rings (SSSR count). The Morgan fingerprint density at radius 1 is 1.33 bits per heavy atom. The van der Waals surface area contributed by atoms with E-state index in [2.05, 4.69) is 0 Å². The molecule has 0 N–H and O–H groups in total. The number of hydrogen-bond acceptors (Lipinski definition) is 2. The molecular weight excluding hydrogens is 267 g/mol. The van der Waals surface area contributed by atoms with Crippen LogP contribution in [0, 0.1) is 0 Å². The zero-order valence-corrected chi connectivity index (χ0v) is 8.50. The minimum absolute atomic E-state index is 0.236. The van der Waals surface area contributed by atoms with Gasteiger partial charge in [0.15, 0.2) is 28.8 Å². The fourth-order valence-electron chi connectivity index (χ4n) is 1.53. The van der Waals surface area contributed by atoms with Crippen molar-refractivity contribution >= 4 is 28.8 Å². The van der Waals surface area contributed by atoms with Gasteiger partial charge in [-0.05, 0) is 12.5 Å². The average molecular weight is 274 g/mol. The van der Waals surface area contributed by atoms with Crippen molar-refractivity contribution in [2.24, 2.45) is 0 Å². The zero-order valence-electron chi connectivity index (χ0n) is 6.34. The lowest BCUT2D eigenvalue weighted by Crippen LogP contribution is -1.90. The highest BCUT2D eigenvalue weighted by Gasteiger charge is 2.22. The molecule has 0 fully saturated rings. The Morgan fingerprint density at radius 2 is 2.17 bits per heavy atom. The molecule has 0 saturated carbocycles. The molecule has 0 amide bonds. The lowest BCUT2D eigenvalue weighted by atomic mass is 10.1. The van der Waals surface area contributed by atoms with Crippen LogP contribution in [0.3, 0.4) is 0 Å². The Morgan fingerprint density at radius 3 is 2.92 bits per heavy atom. The van der Waals surface area contributed by atoms with Gasteiger partial charge in [-0.15, -0.1) is 0 Å². The third-order valence-electron chi connectivity index (χ3n) is 2.12. The van der Waals surface area contributed by atoms with Crippen LogP contribution in [0.25, 0.3) is 0 Å². The Labute approximate surface area is 84.6 Å². The van der Waals surface area contributed by atoms with Crippen molar-refractivity contribution < 1.29 is 7.86 Å². The van der Waals surface area contributed by atoms with Crippen LogP contribution in [0.4, 0.5) is 0 Å². The van der Waals surface area contributed by atoms with Gasteiger partial charge in [0.25, 0.3) is 0 Å². The first-order valence-electron chi connectivity index (χ1n) is 3.76. The highest BCUT2D eigenvalue weighted by atomic mass is 127. The predicted molar refractivity (Wildman–Crippen MR) is 53.7 cm³/mol. The van der Waals surface area contributed by atoms with Crippen LogP contribution in [0.15, 0.2) is 18.2 Å². The molecule has 62 valence electrons. The Kier molecular flexibility index (Phi) is 2.04. The van der Waals surface area contributed by atoms with Gasteiger partial charge < -0.3 is 3.07 Å². The van der Waals surface area contributed by atoms with E-state index in [1.807, 2.05) is 41.2 Å². The molecule has 1 aliphatic carbocycles. The molecule has 0 radical (unpaired) electrons. The Balaban J connectivity index is 2.58. The second-order valence-electron chi connectivity index (χ2n) is 2.78. The van der Waals surface area contributed by atoms with Crippen LogP contribution in [0.1, 0.15) is 22.3 Å². The first-order chi connectivity index (χ1) is 5.83. The molecule has 1 aromatic rings. The normalized spacial score (nSPS) is 14.6. The molecule has 3 heteroatoms. The van der Waals surface area contributed by atoms with E-state index in [-0.39, 0.29) is 5.78 Å². The fraction of sp³-hybridized carbons (Fsp3) is 0.222. The molecular formula is C9H7IO2. The van der Waals surface area contributed by atoms with Crippen molar-refractivity contribution in [1.82, 2.24) is 0 Å². The van der Waals surface area contributed by atoms with Crippen molar-refractivity contribution in [2.75, 3.05) is 0 Å². The number of rotatable bonds is 1. The second kappa shape index (κ2) is 3.05. The maximum Gasteiger partial charge on any atom is 0.192 e. The summed E-state index contributed by atoms with van der Waals surface area (Å²) in [6, 6.07) is 5.61. The van der Waals surface area contributed by atoms with Gasteiger partial charge in [0.2, 0.25) is 0 Å². The highest BCUT2D eigenvalue weighted by Crippen LogP contribution is 2.31. The lowest BCUT2D eigenvalue weighted by Gasteiger charge is -2.02. The molecule has 2 nitrogen and oxygen atoms in total. The Bertz CT molecular complexity index is 333. The van der Waals surface area contributed by atoms with Gasteiger partial charge in [0.1, 0.15) is 5.75 Å². The van der Waals surface area contributed by atoms with Crippen LogP contribution >= 0.6 is 23.0 Å². The molecule has 0 heterocycles. The van der Waals surface area contributed by atoms with Gasteiger partial charge in [-0.2, -0.15) is 0 Å². The third kappa shape index (κ3) is 1.12. The third-order valence-corrected chi connectivity index (χ3v) is 2.59. The van der Waals surface area contributed by atoms with Gasteiger partial charge in [0.05, 0.1) is 0 Å². The second-order valence-corrected chi connectivity index (χ2v) is 3.22. The predicted octanol–water partition coefficient (Wildman–Crippen LogP) is 2.54. The summed E-state index contributed by atoms with van der Waals surface area (Å²) in [6.07, 6.45) is 1.46. The molecule has 0 aliphatic heterocycles. The maximum atomic E-state index is 11.3. The molecule has 0 aromatic heterocycles. The summed E-state index contributed by atoms with van der Waals surface area (Å²) in [5, 5.41) is 0. The number of carbonyl (C=O) groups is 1. The maximum absolute atomic E-state index is 11.3. The number of carbonyl (C=O) groups excluding carboxylic acids is 1. The van der Waals surface area contributed by atoms with E-state index >= 15 is 0 Å². The van der Waals surface area contributed by atoms with E-state index in [1.165, 1.54) is 0 Å². The summed E-state index contributed by atoms with van der Waals surface area (Å²) in [4.78, 5) is 11.3. The Hall–Kier alpha value is -0.580. The van der Waals surface area contributed by atoms with E-state index in [0.717, 1.165) is 23.3 Å². The van der Waals surface area contributed by atoms with E-state index < -0.39 is 0 Å². The highest BCUT2D eigenvalue weighted by molar-refractivity contribution is 14.1. The zero-order chi connectivity index (χ0) is 8.55. The van der Waals surface area contributed by atoms with E-state index in [4.69, 9.17) is 3.07 Å². The SMILES string of the molecule is O=C1CCc2c(OI)cccc21. The molecule has 0 saturated heterocycles. The smallest absolute Gasteiger partial charge is 0.192 e. The van der Waals surface area contributed by atoms with E-state index in [1.54, 1.807) is 0 Å². The summed E-state index contributed by atoms with van der Waals surface area (Å²) < 4.78 is 5.12. The summed E-state index contributed by atoms with van der Waals surface area (Å²) >= 11 is 1.84. The van der Waals surface area contributed by atoms with E-state index in [9.17, 15) is 4.79 Å². The van der Waals surface area contributed by atoms with Crippen LogP contribution in [-0.2, 0) is 6.42 Å². The van der Waals surface area contributed by atoms with Gasteiger partial charge in [-0.1, -0.05) is 12.1 Å². The summed E-state index contributed by atoms with van der Waals surface area (Å²) in [5.41, 5.74) is 1.90. The number of Topliss-reactive ketones (excluding diaryl/α,β-unsaturated/α-hetero) is 1. The largest absolute Gasteiger partial charge is 0.427 e. The molecule has 0 bridgehead atoms. The van der Waals surface area contributed by atoms with Crippen molar-refractivity contribution in [2.45, 2.75) is 12.8 Å². The quantitative estimate of drug-likeness (QED) is 0.735. The summed E-state index contributed by atoms with van der Waals surface area (Å²) in [7, 11) is 0. The van der Waals surface area contributed by atoms with Gasteiger partial charge >= 0.3 is 0 Å². The van der Waals surface area contributed by atoms with Crippen molar-refractivity contribution in [1.29, 1.82) is 0 Å². The minimum atomic E-state index is 0.236. The standard InChI is InChI=1S/C9H7IO2/c10-12-9-3-1-2-6-7(9)4-5-8(6)11/h1-3H,4-5H2. The van der Waals surface area contributed by atoms with E-state index in [0.29, 0.717) is 6.42 Å². The van der Waals surface area contributed by atoms with Gasteiger partial charge in [-0.25, -0.2) is 0 Å². The van der Waals surface area contributed by atoms with Crippen LogP contribution < -0.4 is 3.07 Å². The first-order valence-corrected chi connectivity index (χ1v) is 4.64. The molecule has 1 aromatic carbocycles. The molecule has 12 heavy (non-hydrogen) atoms. The monoisotopic (exact) mass is 274 g/mol. The molecule has 0 unspecified atom stereocenters.